The van der Waals surface area contributed by atoms with Crippen LogP contribution in [0, 0.1) is 0 Å². The Morgan fingerprint density at radius 1 is 1.22 bits per heavy atom. The first-order valence-electron chi connectivity index (χ1n) is 5.02. The Bertz CT molecular complexity index is 625. The summed E-state index contributed by atoms with van der Waals surface area (Å²) in [7, 11) is -5.47. The summed E-state index contributed by atoms with van der Waals surface area (Å²) in [5, 5.41) is 0. The Morgan fingerprint density at radius 2 is 1.83 bits per heavy atom. The van der Waals surface area contributed by atoms with Crippen molar-refractivity contribution in [3.63, 3.8) is 0 Å². The number of nitrogens with zero attached hydrogens (tertiary/aromatic N) is 1. The topological polar surface area (TPSA) is 71.5 Å². The molecule has 1 aromatic rings. The van der Waals surface area contributed by atoms with Gasteiger partial charge in [-0.1, -0.05) is 22.0 Å². The van der Waals surface area contributed by atoms with Gasteiger partial charge in [-0.15, -0.1) is 0 Å². The van der Waals surface area contributed by atoms with Crippen molar-refractivity contribution in [1.82, 2.24) is 4.31 Å². The monoisotopic (exact) mass is 355 g/mol. The fourth-order valence-electron chi connectivity index (χ4n) is 1.22. The highest BCUT2D eigenvalue weighted by molar-refractivity contribution is 9.10. The Hall–Kier alpha value is -0.440. The molecule has 1 aromatic carbocycles. The first-order chi connectivity index (χ1) is 8.13. The SMILES string of the molecule is CN(CCS(C)(=O)=O)S(=O)(=O)c1cccc(Br)c1. The molecule has 0 aliphatic rings. The average molecular weight is 356 g/mol. The van der Waals surface area contributed by atoms with E-state index in [1.807, 2.05) is 0 Å². The zero-order valence-corrected chi connectivity index (χ0v) is 13.2. The highest BCUT2D eigenvalue weighted by Gasteiger charge is 2.21. The van der Waals surface area contributed by atoms with Gasteiger partial charge in [0.1, 0.15) is 9.84 Å². The van der Waals surface area contributed by atoms with Gasteiger partial charge in [-0.2, -0.15) is 4.31 Å². The molecular weight excluding hydrogens is 342 g/mol. The van der Waals surface area contributed by atoms with E-state index in [-0.39, 0.29) is 17.2 Å². The molecule has 0 atom stereocenters. The molecule has 0 radical (unpaired) electrons. The Labute approximate surface area is 116 Å². The number of sulfone groups is 1. The molecule has 0 saturated heterocycles. The molecule has 0 spiro atoms. The van der Waals surface area contributed by atoms with Crippen LogP contribution in [0.2, 0.25) is 0 Å². The number of hydrogen-bond acceptors (Lipinski definition) is 4. The maximum atomic E-state index is 12.1. The van der Waals surface area contributed by atoms with Crippen LogP contribution in [0.25, 0.3) is 0 Å². The largest absolute Gasteiger partial charge is 0.242 e. The molecule has 0 amide bonds. The van der Waals surface area contributed by atoms with Crippen LogP contribution in [0.5, 0.6) is 0 Å². The third-order valence-electron chi connectivity index (χ3n) is 2.28. The Kier molecular flexibility index (Phi) is 4.93. The first kappa shape index (κ1) is 15.6. The molecule has 0 aromatic heterocycles. The predicted molar refractivity (Wildman–Crippen MR) is 73.7 cm³/mol. The van der Waals surface area contributed by atoms with E-state index in [4.69, 9.17) is 0 Å². The minimum Gasteiger partial charge on any atom is -0.229 e. The molecule has 1 rings (SSSR count). The summed E-state index contributed by atoms with van der Waals surface area (Å²) in [6, 6.07) is 6.28. The van der Waals surface area contributed by atoms with Gasteiger partial charge >= 0.3 is 0 Å². The molecule has 8 heteroatoms. The van der Waals surface area contributed by atoms with Crippen molar-refractivity contribution in [2.75, 3.05) is 25.6 Å². The third kappa shape index (κ3) is 4.34. The van der Waals surface area contributed by atoms with E-state index in [1.54, 1.807) is 12.1 Å². The van der Waals surface area contributed by atoms with Crippen LogP contribution in [-0.2, 0) is 19.9 Å². The van der Waals surface area contributed by atoms with Crippen molar-refractivity contribution < 1.29 is 16.8 Å². The zero-order valence-electron chi connectivity index (χ0n) is 10.00. The fraction of sp³-hybridized carbons (Fsp3) is 0.400. The summed E-state index contributed by atoms with van der Waals surface area (Å²) < 4.78 is 48.0. The molecule has 0 unspecified atom stereocenters. The summed E-state index contributed by atoms with van der Waals surface area (Å²) in [4.78, 5) is 0.132. The van der Waals surface area contributed by atoms with Crippen LogP contribution >= 0.6 is 15.9 Å². The second-order valence-electron chi connectivity index (χ2n) is 3.91. The van der Waals surface area contributed by atoms with Gasteiger partial charge in [0, 0.05) is 24.3 Å². The van der Waals surface area contributed by atoms with Crippen LogP contribution in [0.15, 0.2) is 33.6 Å². The molecule has 0 aliphatic heterocycles. The van der Waals surface area contributed by atoms with E-state index in [0.717, 1.165) is 10.6 Å². The highest BCUT2D eigenvalue weighted by atomic mass is 79.9. The first-order valence-corrected chi connectivity index (χ1v) is 9.32. The normalized spacial score (nSPS) is 12.9. The second-order valence-corrected chi connectivity index (χ2v) is 9.13. The lowest BCUT2D eigenvalue weighted by Gasteiger charge is -2.16. The van der Waals surface area contributed by atoms with Crippen LogP contribution < -0.4 is 0 Å². The molecule has 0 fully saturated rings. The van der Waals surface area contributed by atoms with E-state index >= 15 is 0 Å². The van der Waals surface area contributed by atoms with Crippen LogP contribution in [-0.4, -0.2) is 46.7 Å². The minimum atomic E-state index is -3.65. The third-order valence-corrected chi connectivity index (χ3v) is 5.55. The number of hydrogen-bond donors (Lipinski definition) is 0. The smallest absolute Gasteiger partial charge is 0.229 e. The second kappa shape index (κ2) is 5.68. The van der Waals surface area contributed by atoms with Crippen molar-refractivity contribution in [1.29, 1.82) is 0 Å². The lowest BCUT2D eigenvalue weighted by Crippen LogP contribution is -2.31. The maximum Gasteiger partial charge on any atom is 0.242 e. The van der Waals surface area contributed by atoms with Gasteiger partial charge < -0.3 is 0 Å². The van der Waals surface area contributed by atoms with E-state index in [2.05, 4.69) is 15.9 Å². The summed E-state index contributed by atoms with van der Waals surface area (Å²) in [6.07, 6.45) is 1.08. The molecule has 0 heterocycles. The van der Waals surface area contributed by atoms with Crippen LogP contribution in [0.3, 0.4) is 0 Å². The van der Waals surface area contributed by atoms with Gasteiger partial charge in [-0.05, 0) is 18.2 Å². The molecule has 0 aliphatic carbocycles. The van der Waals surface area contributed by atoms with Crippen molar-refractivity contribution in [2.45, 2.75) is 4.90 Å². The number of benzene rings is 1. The maximum absolute atomic E-state index is 12.1. The lowest BCUT2D eigenvalue weighted by molar-refractivity contribution is 0.485. The van der Waals surface area contributed by atoms with Crippen molar-refractivity contribution in [2.24, 2.45) is 0 Å². The Morgan fingerprint density at radius 3 is 2.33 bits per heavy atom. The molecule has 102 valence electrons. The molecule has 18 heavy (non-hydrogen) atoms. The van der Waals surface area contributed by atoms with Gasteiger partial charge in [0.15, 0.2) is 0 Å². The lowest BCUT2D eigenvalue weighted by atomic mass is 10.4. The highest BCUT2D eigenvalue weighted by Crippen LogP contribution is 2.18. The van der Waals surface area contributed by atoms with Gasteiger partial charge in [-0.3, -0.25) is 0 Å². The minimum absolute atomic E-state index is 0.0618. The summed E-state index contributed by atoms with van der Waals surface area (Å²) in [5.41, 5.74) is 0. The van der Waals surface area contributed by atoms with Crippen molar-refractivity contribution >= 4 is 35.8 Å². The Balaban J connectivity index is 2.93. The predicted octanol–water partition coefficient (Wildman–Crippen LogP) is 1.11. The quantitative estimate of drug-likeness (QED) is 0.793. The average Bonchev–Trinajstić information content (AvgIpc) is 2.24. The van der Waals surface area contributed by atoms with E-state index in [9.17, 15) is 16.8 Å². The van der Waals surface area contributed by atoms with Gasteiger partial charge in [0.25, 0.3) is 0 Å². The summed E-state index contributed by atoms with van der Waals surface area (Å²) in [6.45, 7) is -0.0618. The van der Waals surface area contributed by atoms with Crippen LogP contribution in [0.4, 0.5) is 0 Å². The molecule has 0 N–H and O–H groups in total. The number of rotatable bonds is 5. The molecule has 0 bridgehead atoms. The van der Waals surface area contributed by atoms with Crippen molar-refractivity contribution in [3.8, 4) is 0 Å². The molecule has 5 nitrogen and oxygen atoms in total. The molecular formula is C10H14BrNO4S2. The van der Waals surface area contributed by atoms with Crippen molar-refractivity contribution in [3.05, 3.63) is 28.7 Å². The van der Waals surface area contributed by atoms with Gasteiger partial charge in [-0.25, -0.2) is 16.8 Å². The fourth-order valence-corrected chi connectivity index (χ4v) is 3.71. The standard InChI is InChI=1S/C10H14BrNO4S2/c1-12(6-7-17(2,13)14)18(15,16)10-5-3-4-9(11)8-10/h3-5,8H,6-7H2,1-2H3. The van der Waals surface area contributed by atoms with E-state index in [1.165, 1.54) is 19.2 Å². The zero-order chi connectivity index (χ0) is 14.0. The summed E-state index contributed by atoms with van der Waals surface area (Å²) >= 11 is 3.20. The van der Waals surface area contributed by atoms with Gasteiger partial charge in [0.05, 0.1) is 10.6 Å². The number of sulfonamides is 1. The number of halogens is 1. The van der Waals surface area contributed by atoms with E-state index < -0.39 is 19.9 Å². The molecule has 0 saturated carbocycles. The van der Waals surface area contributed by atoms with Crippen LogP contribution in [0.1, 0.15) is 0 Å². The van der Waals surface area contributed by atoms with E-state index in [0.29, 0.717) is 4.47 Å². The van der Waals surface area contributed by atoms with Gasteiger partial charge in [0.2, 0.25) is 10.0 Å². The summed E-state index contributed by atoms with van der Waals surface area (Å²) in [5.74, 6) is -0.198.